The fourth-order valence-electron chi connectivity index (χ4n) is 1.52. The standard InChI is InChI=1S/C12H19N3O2/c1-3-14-11-5-6-13-9-10(11)12(17)15(2)7-4-8-16/h5-6,9,16H,3-4,7-8H2,1-2H3,(H,13,14). The van der Waals surface area contributed by atoms with Gasteiger partial charge in [-0.1, -0.05) is 0 Å². The van der Waals surface area contributed by atoms with Crippen molar-refractivity contribution in [2.75, 3.05) is 32.1 Å². The number of hydrogen-bond donors (Lipinski definition) is 2. The van der Waals surface area contributed by atoms with Gasteiger partial charge in [-0.2, -0.15) is 0 Å². The topological polar surface area (TPSA) is 65.5 Å². The number of pyridine rings is 1. The number of nitrogens with zero attached hydrogens (tertiary/aromatic N) is 2. The Morgan fingerprint density at radius 2 is 2.35 bits per heavy atom. The Bertz CT molecular complexity index is 369. The third kappa shape index (κ3) is 3.71. The molecule has 94 valence electrons. The second kappa shape index (κ2) is 6.85. The highest BCUT2D eigenvalue weighted by molar-refractivity contribution is 5.99. The molecule has 5 nitrogen and oxygen atoms in total. The largest absolute Gasteiger partial charge is 0.396 e. The van der Waals surface area contributed by atoms with Crippen LogP contribution in [0.3, 0.4) is 0 Å². The van der Waals surface area contributed by atoms with Gasteiger partial charge in [-0.15, -0.1) is 0 Å². The SMILES string of the molecule is CCNc1ccncc1C(=O)N(C)CCCO. The molecular weight excluding hydrogens is 218 g/mol. The lowest BCUT2D eigenvalue weighted by Gasteiger charge is -2.18. The molecule has 0 saturated carbocycles. The highest BCUT2D eigenvalue weighted by atomic mass is 16.3. The van der Waals surface area contributed by atoms with Crippen LogP contribution in [0.25, 0.3) is 0 Å². The molecule has 0 aliphatic carbocycles. The van der Waals surface area contributed by atoms with Gasteiger partial charge in [0, 0.05) is 39.1 Å². The lowest BCUT2D eigenvalue weighted by Crippen LogP contribution is -2.29. The quantitative estimate of drug-likeness (QED) is 0.773. The minimum atomic E-state index is -0.0810. The van der Waals surface area contributed by atoms with Crippen LogP contribution in [0.2, 0.25) is 0 Å². The van der Waals surface area contributed by atoms with Crippen LogP contribution in [0.1, 0.15) is 23.7 Å². The fourth-order valence-corrected chi connectivity index (χ4v) is 1.52. The predicted octanol–water partition coefficient (Wildman–Crippen LogP) is 0.968. The zero-order chi connectivity index (χ0) is 12.7. The highest BCUT2D eigenvalue weighted by Crippen LogP contribution is 2.15. The first-order valence-corrected chi connectivity index (χ1v) is 5.75. The van der Waals surface area contributed by atoms with E-state index in [0.717, 1.165) is 12.2 Å². The van der Waals surface area contributed by atoms with Gasteiger partial charge in [-0.25, -0.2) is 0 Å². The molecule has 17 heavy (non-hydrogen) atoms. The summed E-state index contributed by atoms with van der Waals surface area (Å²) in [5, 5.41) is 11.9. The molecule has 1 aromatic rings. The number of anilines is 1. The van der Waals surface area contributed by atoms with Crippen LogP contribution in [0.5, 0.6) is 0 Å². The van der Waals surface area contributed by atoms with Crippen molar-refractivity contribution in [3.05, 3.63) is 24.0 Å². The third-order valence-corrected chi connectivity index (χ3v) is 2.42. The Morgan fingerprint density at radius 3 is 3.00 bits per heavy atom. The van der Waals surface area contributed by atoms with Crippen LogP contribution in [0.15, 0.2) is 18.5 Å². The molecule has 1 heterocycles. The minimum absolute atomic E-state index is 0.0810. The molecule has 5 heteroatoms. The molecule has 0 fully saturated rings. The molecule has 0 bridgehead atoms. The summed E-state index contributed by atoms with van der Waals surface area (Å²) < 4.78 is 0. The van der Waals surface area contributed by atoms with Gasteiger partial charge in [-0.3, -0.25) is 9.78 Å². The molecule has 2 N–H and O–H groups in total. The molecule has 0 unspecified atom stereocenters. The second-order valence-electron chi connectivity index (χ2n) is 3.76. The van der Waals surface area contributed by atoms with Crippen molar-refractivity contribution in [1.82, 2.24) is 9.88 Å². The van der Waals surface area contributed by atoms with E-state index in [9.17, 15) is 4.79 Å². The van der Waals surface area contributed by atoms with Gasteiger partial charge in [0.2, 0.25) is 0 Å². The molecular formula is C12H19N3O2. The van der Waals surface area contributed by atoms with Crippen molar-refractivity contribution in [1.29, 1.82) is 0 Å². The Hall–Kier alpha value is -1.62. The molecule has 0 spiro atoms. The zero-order valence-electron chi connectivity index (χ0n) is 10.3. The van der Waals surface area contributed by atoms with Crippen LogP contribution >= 0.6 is 0 Å². The molecule has 0 radical (unpaired) electrons. The number of rotatable bonds is 6. The van der Waals surface area contributed by atoms with Gasteiger partial charge in [0.1, 0.15) is 0 Å². The van der Waals surface area contributed by atoms with E-state index in [1.165, 1.54) is 0 Å². The first-order chi connectivity index (χ1) is 8.20. The van der Waals surface area contributed by atoms with E-state index in [0.29, 0.717) is 18.5 Å². The van der Waals surface area contributed by atoms with Gasteiger partial charge < -0.3 is 15.3 Å². The fraction of sp³-hybridized carbons (Fsp3) is 0.500. The van der Waals surface area contributed by atoms with Crippen LogP contribution in [0.4, 0.5) is 5.69 Å². The summed E-state index contributed by atoms with van der Waals surface area (Å²) >= 11 is 0. The maximum Gasteiger partial charge on any atom is 0.257 e. The molecule has 1 amide bonds. The van der Waals surface area contributed by atoms with Crippen molar-refractivity contribution < 1.29 is 9.90 Å². The number of carbonyl (C=O) groups is 1. The second-order valence-corrected chi connectivity index (χ2v) is 3.76. The van der Waals surface area contributed by atoms with Gasteiger partial charge in [0.25, 0.3) is 5.91 Å². The van der Waals surface area contributed by atoms with E-state index in [4.69, 9.17) is 5.11 Å². The summed E-state index contributed by atoms with van der Waals surface area (Å²) in [5.41, 5.74) is 1.36. The Morgan fingerprint density at radius 1 is 1.59 bits per heavy atom. The Kier molecular flexibility index (Phi) is 5.42. The lowest BCUT2D eigenvalue weighted by molar-refractivity contribution is 0.0787. The van der Waals surface area contributed by atoms with Crippen molar-refractivity contribution in [3.63, 3.8) is 0 Å². The molecule has 0 atom stereocenters. The van der Waals surface area contributed by atoms with E-state index < -0.39 is 0 Å². The summed E-state index contributed by atoms with van der Waals surface area (Å²) in [5.74, 6) is -0.0810. The summed E-state index contributed by atoms with van der Waals surface area (Å²) in [6.07, 6.45) is 3.80. The monoisotopic (exact) mass is 237 g/mol. The Balaban J connectivity index is 2.80. The van der Waals surface area contributed by atoms with E-state index in [1.807, 2.05) is 6.92 Å². The van der Waals surface area contributed by atoms with Crippen molar-refractivity contribution >= 4 is 11.6 Å². The van der Waals surface area contributed by atoms with E-state index in [1.54, 1.807) is 30.4 Å². The average molecular weight is 237 g/mol. The normalized spacial score (nSPS) is 10.1. The van der Waals surface area contributed by atoms with E-state index >= 15 is 0 Å². The maximum atomic E-state index is 12.1. The van der Waals surface area contributed by atoms with Crippen molar-refractivity contribution in [2.24, 2.45) is 0 Å². The molecule has 0 aliphatic rings. The molecule has 1 aromatic heterocycles. The summed E-state index contributed by atoms with van der Waals surface area (Å²) in [4.78, 5) is 17.7. The van der Waals surface area contributed by atoms with Crippen LogP contribution in [0, 0.1) is 0 Å². The van der Waals surface area contributed by atoms with Crippen molar-refractivity contribution in [2.45, 2.75) is 13.3 Å². The maximum absolute atomic E-state index is 12.1. The first kappa shape index (κ1) is 13.4. The number of hydrogen-bond acceptors (Lipinski definition) is 4. The number of aliphatic hydroxyl groups is 1. The predicted molar refractivity (Wildman–Crippen MR) is 67.1 cm³/mol. The number of amides is 1. The first-order valence-electron chi connectivity index (χ1n) is 5.75. The minimum Gasteiger partial charge on any atom is -0.396 e. The summed E-state index contributed by atoms with van der Waals surface area (Å²) in [6, 6.07) is 1.79. The smallest absolute Gasteiger partial charge is 0.257 e. The van der Waals surface area contributed by atoms with Gasteiger partial charge in [0.15, 0.2) is 0 Å². The van der Waals surface area contributed by atoms with Crippen LogP contribution in [-0.4, -0.2) is 47.6 Å². The summed E-state index contributed by atoms with van der Waals surface area (Å²) in [7, 11) is 1.72. The Labute approximate surface area is 101 Å². The molecule has 0 aromatic carbocycles. The number of aliphatic hydroxyl groups excluding tert-OH is 1. The van der Waals surface area contributed by atoms with E-state index in [-0.39, 0.29) is 12.5 Å². The number of aromatic nitrogens is 1. The third-order valence-electron chi connectivity index (χ3n) is 2.42. The number of nitrogens with one attached hydrogen (secondary N) is 1. The van der Waals surface area contributed by atoms with E-state index in [2.05, 4.69) is 10.3 Å². The molecule has 1 rings (SSSR count). The number of carbonyl (C=O) groups excluding carboxylic acids is 1. The summed E-state index contributed by atoms with van der Waals surface area (Å²) in [6.45, 7) is 3.36. The lowest BCUT2D eigenvalue weighted by atomic mass is 10.2. The van der Waals surface area contributed by atoms with Gasteiger partial charge in [-0.05, 0) is 19.4 Å². The molecule has 0 aliphatic heterocycles. The van der Waals surface area contributed by atoms with Crippen LogP contribution in [-0.2, 0) is 0 Å². The van der Waals surface area contributed by atoms with Gasteiger partial charge >= 0.3 is 0 Å². The zero-order valence-corrected chi connectivity index (χ0v) is 10.3. The highest BCUT2D eigenvalue weighted by Gasteiger charge is 2.15. The average Bonchev–Trinajstić information content (AvgIpc) is 2.36. The van der Waals surface area contributed by atoms with Gasteiger partial charge in [0.05, 0.1) is 11.3 Å². The molecule has 0 saturated heterocycles. The van der Waals surface area contributed by atoms with Crippen LogP contribution < -0.4 is 5.32 Å². The van der Waals surface area contributed by atoms with Crippen molar-refractivity contribution in [3.8, 4) is 0 Å².